The predicted octanol–water partition coefficient (Wildman–Crippen LogP) is 4.48. The first-order valence-electron chi connectivity index (χ1n) is 10.8. The van der Waals surface area contributed by atoms with Crippen molar-refractivity contribution in [2.45, 2.75) is 49.2 Å². The van der Waals surface area contributed by atoms with Gasteiger partial charge in [-0.25, -0.2) is 4.98 Å². The zero-order chi connectivity index (χ0) is 21.0. The lowest BCUT2D eigenvalue weighted by molar-refractivity contribution is 0.0952. The molecule has 5 rings (SSSR count). The average molecular weight is 458 g/mol. The van der Waals surface area contributed by atoms with E-state index in [2.05, 4.69) is 31.1 Å². The number of thiazole rings is 1. The van der Waals surface area contributed by atoms with Crippen LogP contribution in [0.5, 0.6) is 5.75 Å². The first kappa shape index (κ1) is 20.8. The molecule has 2 aliphatic heterocycles. The number of hydrogen-bond donors (Lipinski definition) is 0. The zero-order valence-electron chi connectivity index (χ0n) is 17.7. The van der Waals surface area contributed by atoms with Gasteiger partial charge in [-0.05, 0) is 37.8 Å². The molecule has 1 atom stereocenters. The van der Waals surface area contributed by atoms with E-state index in [0.29, 0.717) is 0 Å². The maximum absolute atomic E-state index is 5.91. The molecule has 164 valence electrons. The van der Waals surface area contributed by atoms with Gasteiger partial charge in [-0.1, -0.05) is 23.9 Å². The molecule has 0 amide bonds. The summed E-state index contributed by atoms with van der Waals surface area (Å²) in [6.07, 6.45) is 4.95. The van der Waals surface area contributed by atoms with Crippen LogP contribution in [0.3, 0.4) is 0 Å². The van der Waals surface area contributed by atoms with E-state index in [-0.39, 0.29) is 6.10 Å². The summed E-state index contributed by atoms with van der Waals surface area (Å²) in [5, 5.41) is 13.2. The molecule has 31 heavy (non-hydrogen) atoms. The summed E-state index contributed by atoms with van der Waals surface area (Å²) in [5.74, 6) is 2.61. The summed E-state index contributed by atoms with van der Waals surface area (Å²) in [4.78, 5) is 7.19. The highest BCUT2D eigenvalue weighted by molar-refractivity contribution is 7.98. The fraction of sp³-hybridized carbons (Fsp3) is 0.500. The van der Waals surface area contributed by atoms with Gasteiger partial charge in [-0.3, -0.25) is 4.57 Å². The van der Waals surface area contributed by atoms with Crippen LogP contribution in [0.25, 0.3) is 10.6 Å². The van der Waals surface area contributed by atoms with E-state index in [9.17, 15) is 0 Å². The molecule has 2 fully saturated rings. The topological polar surface area (TPSA) is 65.3 Å². The third-order valence-corrected chi connectivity index (χ3v) is 7.65. The maximum Gasteiger partial charge on any atom is 0.228 e. The number of rotatable bonds is 8. The second-order valence-electron chi connectivity index (χ2n) is 7.89. The molecule has 0 aliphatic carbocycles. The Balaban J connectivity index is 1.31. The van der Waals surface area contributed by atoms with E-state index in [1.807, 2.05) is 18.2 Å². The Kier molecular flexibility index (Phi) is 6.42. The molecule has 0 saturated carbocycles. The van der Waals surface area contributed by atoms with Crippen molar-refractivity contribution in [1.82, 2.24) is 19.7 Å². The molecule has 2 aliphatic rings. The third-order valence-electron chi connectivity index (χ3n) is 5.71. The van der Waals surface area contributed by atoms with Gasteiger partial charge in [0.2, 0.25) is 5.95 Å². The van der Waals surface area contributed by atoms with Crippen molar-refractivity contribution < 1.29 is 9.47 Å². The number of anilines is 1. The van der Waals surface area contributed by atoms with E-state index >= 15 is 0 Å². The Morgan fingerprint density at radius 1 is 1.23 bits per heavy atom. The summed E-state index contributed by atoms with van der Waals surface area (Å²) in [7, 11) is 1.69. The summed E-state index contributed by atoms with van der Waals surface area (Å²) in [6.45, 7) is 3.81. The first-order valence-corrected chi connectivity index (χ1v) is 12.7. The van der Waals surface area contributed by atoms with E-state index in [1.165, 1.54) is 12.8 Å². The Bertz CT molecular complexity index is 1010. The normalized spacial score (nSPS) is 18.7. The van der Waals surface area contributed by atoms with Gasteiger partial charge < -0.3 is 14.4 Å². The van der Waals surface area contributed by atoms with Gasteiger partial charge in [-0.15, -0.1) is 21.5 Å². The molecule has 0 radical (unpaired) electrons. The van der Waals surface area contributed by atoms with Crippen LogP contribution < -0.4 is 9.64 Å². The molecule has 0 unspecified atom stereocenters. The van der Waals surface area contributed by atoms with Gasteiger partial charge in [0.05, 0.1) is 25.5 Å². The lowest BCUT2D eigenvalue weighted by Crippen LogP contribution is -2.25. The standard InChI is InChI=1S/C22H27N5O2S2/c1-28-18-7-4-6-16(12-18)20-23-17(14-30-20)15-31-22-25-24-21(26-9-2-3-10-26)27(22)13-19-8-5-11-29-19/h4,6-7,12,14,19H,2-3,5,8-11,13,15H2,1H3/t19-/m0/s1. The molecule has 7 nitrogen and oxygen atoms in total. The lowest BCUT2D eigenvalue weighted by atomic mass is 10.2. The van der Waals surface area contributed by atoms with Crippen LogP contribution in [0.2, 0.25) is 0 Å². The molecule has 4 heterocycles. The second-order valence-corrected chi connectivity index (χ2v) is 9.69. The lowest BCUT2D eigenvalue weighted by Gasteiger charge is -2.20. The van der Waals surface area contributed by atoms with Crippen molar-refractivity contribution in [3.05, 3.63) is 35.3 Å². The minimum absolute atomic E-state index is 0.260. The van der Waals surface area contributed by atoms with Crippen molar-refractivity contribution >= 4 is 29.0 Å². The van der Waals surface area contributed by atoms with Crippen LogP contribution in [0, 0.1) is 0 Å². The highest BCUT2D eigenvalue weighted by Crippen LogP contribution is 2.31. The zero-order valence-corrected chi connectivity index (χ0v) is 19.3. The fourth-order valence-electron chi connectivity index (χ4n) is 4.09. The largest absolute Gasteiger partial charge is 0.497 e. The number of ether oxygens (including phenoxy) is 2. The monoisotopic (exact) mass is 457 g/mol. The van der Waals surface area contributed by atoms with Crippen LogP contribution >= 0.6 is 23.1 Å². The summed E-state index contributed by atoms with van der Waals surface area (Å²) >= 11 is 3.37. The first-order chi connectivity index (χ1) is 15.3. The Morgan fingerprint density at radius 3 is 2.94 bits per heavy atom. The molecule has 1 aromatic carbocycles. The average Bonchev–Trinajstić information content (AvgIpc) is 3.60. The van der Waals surface area contributed by atoms with Crippen molar-refractivity contribution in [3.8, 4) is 16.3 Å². The molecule has 0 spiro atoms. The van der Waals surface area contributed by atoms with Gasteiger partial charge in [-0.2, -0.15) is 0 Å². The highest BCUT2D eigenvalue weighted by atomic mass is 32.2. The van der Waals surface area contributed by atoms with Crippen molar-refractivity contribution in [3.63, 3.8) is 0 Å². The quantitative estimate of drug-likeness (QED) is 0.462. The van der Waals surface area contributed by atoms with Gasteiger partial charge >= 0.3 is 0 Å². The van der Waals surface area contributed by atoms with Crippen LogP contribution in [-0.2, 0) is 17.0 Å². The van der Waals surface area contributed by atoms with Crippen molar-refractivity contribution in [2.24, 2.45) is 0 Å². The molecule has 3 aromatic rings. The predicted molar refractivity (Wildman–Crippen MR) is 124 cm³/mol. The maximum atomic E-state index is 5.91. The third kappa shape index (κ3) is 4.73. The fourth-order valence-corrected chi connectivity index (χ4v) is 5.85. The van der Waals surface area contributed by atoms with Crippen LogP contribution in [0.15, 0.2) is 34.8 Å². The highest BCUT2D eigenvalue weighted by Gasteiger charge is 2.25. The van der Waals surface area contributed by atoms with Gasteiger partial charge in [0.25, 0.3) is 0 Å². The molecule has 2 aromatic heterocycles. The van der Waals surface area contributed by atoms with Crippen molar-refractivity contribution in [1.29, 1.82) is 0 Å². The molecule has 0 bridgehead atoms. The Morgan fingerprint density at radius 2 is 2.13 bits per heavy atom. The summed E-state index contributed by atoms with van der Waals surface area (Å²) in [6, 6.07) is 8.04. The van der Waals surface area contributed by atoms with Crippen LogP contribution in [-0.4, -0.2) is 52.7 Å². The number of nitrogens with zero attached hydrogens (tertiary/aromatic N) is 5. The molecule has 9 heteroatoms. The molecular formula is C22H27N5O2S2. The number of aromatic nitrogens is 4. The van der Waals surface area contributed by atoms with Crippen LogP contribution in [0.1, 0.15) is 31.4 Å². The minimum Gasteiger partial charge on any atom is -0.497 e. The molecule has 2 saturated heterocycles. The van der Waals surface area contributed by atoms with E-state index in [0.717, 1.165) is 78.0 Å². The Hall–Kier alpha value is -2.10. The number of benzene rings is 1. The molecule has 0 N–H and O–H groups in total. The summed E-state index contributed by atoms with van der Waals surface area (Å²) < 4.78 is 13.5. The number of thioether (sulfide) groups is 1. The van der Waals surface area contributed by atoms with E-state index < -0.39 is 0 Å². The van der Waals surface area contributed by atoms with Crippen LogP contribution in [0.4, 0.5) is 5.95 Å². The van der Waals surface area contributed by atoms with Crippen molar-refractivity contribution in [2.75, 3.05) is 31.7 Å². The molecular weight excluding hydrogens is 430 g/mol. The van der Waals surface area contributed by atoms with E-state index in [4.69, 9.17) is 14.5 Å². The smallest absolute Gasteiger partial charge is 0.228 e. The van der Waals surface area contributed by atoms with Gasteiger partial charge in [0, 0.05) is 36.4 Å². The minimum atomic E-state index is 0.260. The number of hydrogen-bond acceptors (Lipinski definition) is 8. The van der Waals surface area contributed by atoms with E-state index in [1.54, 1.807) is 30.2 Å². The Labute approximate surface area is 190 Å². The SMILES string of the molecule is COc1cccc(-c2nc(CSc3nnc(N4CCCC4)n3C[C@@H]3CCCO3)cs2)c1. The van der Waals surface area contributed by atoms with Gasteiger partial charge in [0.15, 0.2) is 5.16 Å². The number of methoxy groups -OCH3 is 1. The second kappa shape index (κ2) is 9.58. The van der Waals surface area contributed by atoms with Gasteiger partial charge in [0.1, 0.15) is 10.8 Å². The summed E-state index contributed by atoms with van der Waals surface area (Å²) in [5.41, 5.74) is 2.14.